The first-order valence-corrected chi connectivity index (χ1v) is 5.25. The Kier molecular flexibility index (Phi) is 2.47. The normalized spacial score (nSPS) is 20.8. The van der Waals surface area contributed by atoms with Crippen LogP contribution in [-0.2, 0) is 15.2 Å². The van der Waals surface area contributed by atoms with E-state index in [1.54, 1.807) is 0 Å². The van der Waals surface area contributed by atoms with Crippen LogP contribution in [0.5, 0.6) is 0 Å². The molecule has 1 atom stereocenters. The van der Waals surface area contributed by atoms with Crippen molar-refractivity contribution >= 4 is 16.7 Å². The highest BCUT2D eigenvalue weighted by Crippen LogP contribution is 2.19. The predicted octanol–water partition coefficient (Wildman–Crippen LogP) is 2.02. The molecule has 1 rings (SSSR count). The summed E-state index contributed by atoms with van der Waals surface area (Å²) in [7, 11) is -1.38. The first-order valence-electron chi connectivity index (χ1n) is 4.04. The van der Waals surface area contributed by atoms with Crippen LogP contribution in [0.15, 0.2) is 4.40 Å². The second-order valence-corrected chi connectivity index (χ2v) is 6.05. The second-order valence-electron chi connectivity index (χ2n) is 3.96. The van der Waals surface area contributed by atoms with Crippen LogP contribution in [0.25, 0.3) is 0 Å². The van der Waals surface area contributed by atoms with E-state index in [-0.39, 0.29) is 4.75 Å². The maximum Gasteiger partial charge on any atom is 0.194 e. The second kappa shape index (κ2) is 3.05. The molecule has 1 saturated carbocycles. The molecule has 0 radical (unpaired) electrons. The van der Waals surface area contributed by atoms with Crippen LogP contribution >= 0.6 is 0 Å². The van der Waals surface area contributed by atoms with Crippen LogP contribution in [0.4, 0.5) is 0 Å². The third kappa shape index (κ3) is 2.40. The van der Waals surface area contributed by atoms with E-state index in [1.165, 1.54) is 6.42 Å². The summed E-state index contributed by atoms with van der Waals surface area (Å²) in [5, 5.41) is 0. The molecular weight excluding hydrogens is 158 g/mol. The molecule has 0 N–H and O–H groups in total. The van der Waals surface area contributed by atoms with Gasteiger partial charge in [0.25, 0.3) is 0 Å². The summed E-state index contributed by atoms with van der Waals surface area (Å²) in [6, 6.07) is 0. The fourth-order valence-corrected chi connectivity index (χ4v) is 1.47. The Morgan fingerprint density at radius 2 is 1.91 bits per heavy atom. The molecule has 0 amide bonds. The van der Waals surface area contributed by atoms with E-state index < -0.39 is 11.0 Å². The van der Waals surface area contributed by atoms with Gasteiger partial charge in [0.15, 0.2) is 11.0 Å². The van der Waals surface area contributed by atoms with Crippen molar-refractivity contribution in [1.82, 2.24) is 0 Å². The van der Waals surface area contributed by atoms with Crippen molar-refractivity contribution in [1.29, 1.82) is 0 Å². The van der Waals surface area contributed by atoms with Crippen LogP contribution < -0.4 is 0 Å². The minimum atomic E-state index is -1.38. The fourth-order valence-electron chi connectivity index (χ4n) is 0.713. The van der Waals surface area contributed by atoms with Crippen molar-refractivity contribution in [3.05, 3.63) is 0 Å². The lowest BCUT2D eigenvalue weighted by Gasteiger charge is -2.14. The van der Waals surface area contributed by atoms with E-state index >= 15 is 0 Å². The summed E-state index contributed by atoms with van der Waals surface area (Å²) < 4.78 is 15.5. The molecule has 0 spiro atoms. The molecular formula is C8H16NOS+. The summed E-state index contributed by atoms with van der Waals surface area (Å²) in [5.74, 6) is 0. The topological polar surface area (TPSA) is 29.4 Å². The molecule has 1 aliphatic carbocycles. The Balaban J connectivity index is 2.55. The Morgan fingerprint density at radius 1 is 1.36 bits per heavy atom. The van der Waals surface area contributed by atoms with Crippen molar-refractivity contribution in [2.75, 3.05) is 0 Å². The first kappa shape index (κ1) is 8.91. The quantitative estimate of drug-likeness (QED) is 0.442. The van der Waals surface area contributed by atoms with Crippen molar-refractivity contribution in [2.45, 2.75) is 44.8 Å². The van der Waals surface area contributed by atoms with E-state index in [0.717, 1.165) is 18.6 Å². The number of hydrogen-bond donors (Lipinski definition) is 0. The molecule has 2 nitrogen and oxygen atoms in total. The smallest absolute Gasteiger partial charge is 0.0774 e. The van der Waals surface area contributed by atoms with Gasteiger partial charge < -0.3 is 0 Å². The molecule has 3 heteroatoms. The molecule has 0 saturated heterocycles. The Labute approximate surface area is 70.7 Å². The van der Waals surface area contributed by atoms with Gasteiger partial charge in [-0.25, -0.2) is 0 Å². The average molecular weight is 174 g/mol. The van der Waals surface area contributed by atoms with Crippen LogP contribution in [0.3, 0.4) is 0 Å². The highest BCUT2D eigenvalue weighted by molar-refractivity contribution is 7.85. The van der Waals surface area contributed by atoms with E-state index in [1.807, 2.05) is 20.8 Å². The van der Waals surface area contributed by atoms with Crippen molar-refractivity contribution in [3.63, 3.8) is 0 Å². The maximum atomic E-state index is 11.4. The SMILES string of the molecule is CC(C)(C)[SH+](=O)N=C1CCC1. The molecule has 0 heterocycles. The van der Waals surface area contributed by atoms with Crippen LogP contribution in [0.1, 0.15) is 40.0 Å². The monoisotopic (exact) mass is 174 g/mol. The van der Waals surface area contributed by atoms with Gasteiger partial charge in [0.05, 0.1) is 5.71 Å². The molecule has 0 aromatic heterocycles. The summed E-state index contributed by atoms with van der Waals surface area (Å²) in [5.41, 5.74) is 1.15. The van der Waals surface area contributed by atoms with Crippen LogP contribution in [0, 0.1) is 0 Å². The third-order valence-electron chi connectivity index (χ3n) is 1.74. The fraction of sp³-hybridized carbons (Fsp3) is 0.875. The lowest BCUT2D eigenvalue weighted by Crippen LogP contribution is -2.22. The zero-order valence-electron chi connectivity index (χ0n) is 7.42. The van der Waals surface area contributed by atoms with Gasteiger partial charge in [-0.1, -0.05) is 8.61 Å². The van der Waals surface area contributed by atoms with Crippen LogP contribution in [-0.4, -0.2) is 10.5 Å². The molecule has 1 aliphatic rings. The molecule has 0 aromatic carbocycles. The van der Waals surface area contributed by atoms with Gasteiger partial charge in [0.2, 0.25) is 0 Å². The van der Waals surface area contributed by atoms with Gasteiger partial charge in [-0.3, -0.25) is 0 Å². The number of thiol groups is 1. The van der Waals surface area contributed by atoms with Crippen LogP contribution in [0.2, 0.25) is 0 Å². The minimum Gasteiger partial charge on any atom is -0.0774 e. The summed E-state index contributed by atoms with van der Waals surface area (Å²) in [4.78, 5) is 0. The molecule has 11 heavy (non-hydrogen) atoms. The third-order valence-corrected chi connectivity index (χ3v) is 3.35. The summed E-state index contributed by atoms with van der Waals surface area (Å²) >= 11 is 0. The number of nitrogens with zero attached hydrogens (tertiary/aromatic N) is 1. The van der Waals surface area contributed by atoms with Crippen molar-refractivity contribution in [2.24, 2.45) is 4.40 Å². The predicted molar refractivity (Wildman–Crippen MR) is 50.5 cm³/mol. The minimum absolute atomic E-state index is 0.155. The first-order chi connectivity index (χ1) is 5.00. The summed E-state index contributed by atoms with van der Waals surface area (Å²) in [6.45, 7) is 5.90. The Bertz CT molecular complexity index is 197. The zero-order valence-corrected chi connectivity index (χ0v) is 8.32. The van der Waals surface area contributed by atoms with Gasteiger partial charge in [0, 0.05) is 0 Å². The highest BCUT2D eigenvalue weighted by Gasteiger charge is 2.27. The Hall–Kier alpha value is -0.180. The van der Waals surface area contributed by atoms with Gasteiger partial charge in [-0.2, -0.15) is 0 Å². The number of rotatable bonds is 1. The van der Waals surface area contributed by atoms with Gasteiger partial charge in [0.1, 0.15) is 4.75 Å². The van der Waals surface area contributed by atoms with Gasteiger partial charge in [-0.05, 0) is 40.0 Å². The lowest BCUT2D eigenvalue weighted by atomic mass is 9.98. The molecule has 64 valence electrons. The number of hydrogen-bond acceptors (Lipinski definition) is 1. The van der Waals surface area contributed by atoms with Crippen molar-refractivity contribution in [3.8, 4) is 0 Å². The lowest BCUT2D eigenvalue weighted by molar-refractivity contribution is 0.576. The van der Waals surface area contributed by atoms with Gasteiger partial charge >= 0.3 is 0 Å². The Morgan fingerprint density at radius 3 is 2.18 bits per heavy atom. The highest BCUT2D eigenvalue weighted by atomic mass is 32.2. The zero-order chi connectivity index (χ0) is 8.48. The van der Waals surface area contributed by atoms with E-state index in [0.29, 0.717) is 0 Å². The standard InChI is InChI=1S/C8H15NOS/c1-8(2,3)11(10)9-7-5-4-6-7/h4-6H2,1-3H3/p+1. The molecule has 1 fully saturated rings. The average Bonchev–Trinajstić information content (AvgIpc) is 1.75. The molecule has 0 aliphatic heterocycles. The van der Waals surface area contributed by atoms with E-state index in [2.05, 4.69) is 4.40 Å². The molecule has 0 aromatic rings. The maximum absolute atomic E-state index is 11.4. The van der Waals surface area contributed by atoms with Gasteiger partial charge in [-0.15, -0.1) is 0 Å². The summed E-state index contributed by atoms with van der Waals surface area (Å²) in [6.07, 6.45) is 3.36. The van der Waals surface area contributed by atoms with E-state index in [9.17, 15) is 4.21 Å². The molecule has 0 bridgehead atoms. The van der Waals surface area contributed by atoms with Crippen molar-refractivity contribution < 1.29 is 4.21 Å². The largest absolute Gasteiger partial charge is 0.194 e. The van der Waals surface area contributed by atoms with E-state index in [4.69, 9.17) is 0 Å². The molecule has 1 unspecified atom stereocenters.